The molecule has 1 aromatic carbocycles. The van der Waals surface area contributed by atoms with Crippen molar-refractivity contribution in [1.82, 2.24) is 9.21 Å². The van der Waals surface area contributed by atoms with Crippen molar-refractivity contribution in [3.05, 3.63) is 30.1 Å². The average Bonchev–Trinajstić information content (AvgIpc) is 3.05. The number of amides is 1. The predicted octanol–water partition coefficient (Wildman–Crippen LogP) is 1.69. The third-order valence-electron chi connectivity index (χ3n) is 5.55. The maximum atomic E-state index is 13.1. The van der Waals surface area contributed by atoms with E-state index in [0.717, 1.165) is 12.1 Å². The van der Waals surface area contributed by atoms with E-state index in [-0.39, 0.29) is 23.9 Å². The summed E-state index contributed by atoms with van der Waals surface area (Å²) in [5.41, 5.74) is -1.24. The molecule has 27 heavy (non-hydrogen) atoms. The molecule has 2 saturated heterocycles. The van der Waals surface area contributed by atoms with Gasteiger partial charge in [-0.2, -0.15) is 4.31 Å². The molecule has 2 atom stereocenters. The van der Waals surface area contributed by atoms with Crippen LogP contribution in [0.25, 0.3) is 0 Å². The van der Waals surface area contributed by atoms with Crippen molar-refractivity contribution in [2.75, 3.05) is 19.6 Å². The predicted molar refractivity (Wildman–Crippen MR) is 94.9 cm³/mol. The smallest absolute Gasteiger partial charge is 0.329 e. The Morgan fingerprint density at radius 1 is 1.19 bits per heavy atom. The number of halogens is 1. The van der Waals surface area contributed by atoms with E-state index in [4.69, 9.17) is 0 Å². The molecule has 2 unspecified atom stereocenters. The molecule has 3 rings (SSSR count). The summed E-state index contributed by atoms with van der Waals surface area (Å²) in [7, 11) is -3.83. The lowest BCUT2D eigenvalue weighted by Crippen LogP contribution is -2.55. The normalized spacial score (nSPS) is 26.9. The number of hydrogen-bond acceptors (Lipinski definition) is 4. The Labute approximate surface area is 157 Å². The molecule has 7 nitrogen and oxygen atoms in total. The zero-order chi connectivity index (χ0) is 19.8. The highest BCUT2D eigenvalue weighted by molar-refractivity contribution is 7.89. The third kappa shape index (κ3) is 3.58. The van der Waals surface area contributed by atoms with Gasteiger partial charge in [-0.15, -0.1) is 0 Å². The molecule has 1 N–H and O–H groups in total. The third-order valence-corrected chi connectivity index (χ3v) is 7.43. The van der Waals surface area contributed by atoms with E-state index in [1.54, 1.807) is 0 Å². The Hall–Kier alpha value is -2.00. The van der Waals surface area contributed by atoms with E-state index in [0.29, 0.717) is 32.2 Å². The number of benzene rings is 1. The molecule has 0 bridgehead atoms. The lowest BCUT2D eigenvalue weighted by molar-refractivity contribution is -0.157. The van der Waals surface area contributed by atoms with E-state index in [1.807, 2.05) is 0 Å². The van der Waals surface area contributed by atoms with Gasteiger partial charge in [-0.1, -0.05) is 0 Å². The quantitative estimate of drug-likeness (QED) is 0.833. The van der Waals surface area contributed by atoms with Crippen molar-refractivity contribution in [1.29, 1.82) is 0 Å². The van der Waals surface area contributed by atoms with Crippen molar-refractivity contribution in [3.63, 3.8) is 0 Å². The van der Waals surface area contributed by atoms with E-state index in [1.165, 1.54) is 28.3 Å². The molecule has 0 spiro atoms. The molecular weight excluding hydrogens is 375 g/mol. The van der Waals surface area contributed by atoms with Gasteiger partial charge in [0.2, 0.25) is 15.9 Å². The number of carbonyl (C=O) groups excluding carboxylic acids is 1. The van der Waals surface area contributed by atoms with Crippen LogP contribution in [0.1, 0.15) is 32.6 Å². The number of sulfonamides is 1. The summed E-state index contributed by atoms with van der Waals surface area (Å²) < 4.78 is 39.9. The van der Waals surface area contributed by atoms with Gasteiger partial charge in [-0.25, -0.2) is 17.6 Å². The Balaban J connectivity index is 1.79. The summed E-state index contributed by atoms with van der Waals surface area (Å²) in [6.07, 6.45) is 2.02. The number of carboxylic acid groups (broad SMARTS) is 1. The Bertz CT molecular complexity index is 842. The summed E-state index contributed by atoms with van der Waals surface area (Å²) in [4.78, 5) is 26.0. The first-order valence-electron chi connectivity index (χ1n) is 8.97. The molecule has 0 aromatic heterocycles. The van der Waals surface area contributed by atoms with E-state index in [2.05, 4.69) is 0 Å². The molecule has 148 valence electrons. The number of nitrogens with zero attached hydrogens (tertiary/aromatic N) is 2. The highest BCUT2D eigenvalue weighted by Gasteiger charge is 2.48. The van der Waals surface area contributed by atoms with Crippen molar-refractivity contribution in [2.24, 2.45) is 5.92 Å². The van der Waals surface area contributed by atoms with Crippen LogP contribution in [0.4, 0.5) is 4.39 Å². The molecule has 1 amide bonds. The van der Waals surface area contributed by atoms with Crippen LogP contribution in [0.3, 0.4) is 0 Å². The number of likely N-dealkylation sites (tertiary alicyclic amines) is 1. The van der Waals surface area contributed by atoms with Gasteiger partial charge < -0.3 is 10.0 Å². The van der Waals surface area contributed by atoms with Crippen LogP contribution in [-0.4, -0.2) is 59.8 Å². The topological polar surface area (TPSA) is 95.0 Å². The summed E-state index contributed by atoms with van der Waals surface area (Å²) in [6.45, 7) is 2.18. The molecule has 0 saturated carbocycles. The maximum absolute atomic E-state index is 13.1. The van der Waals surface area contributed by atoms with Crippen LogP contribution in [0, 0.1) is 11.7 Å². The minimum atomic E-state index is -3.83. The summed E-state index contributed by atoms with van der Waals surface area (Å²) in [5.74, 6) is -2.45. The number of hydrogen-bond donors (Lipinski definition) is 1. The van der Waals surface area contributed by atoms with Gasteiger partial charge >= 0.3 is 5.97 Å². The van der Waals surface area contributed by atoms with Gasteiger partial charge in [0.15, 0.2) is 0 Å². The van der Waals surface area contributed by atoms with Crippen LogP contribution in [0.5, 0.6) is 0 Å². The minimum Gasteiger partial charge on any atom is -0.480 e. The zero-order valence-corrected chi connectivity index (χ0v) is 15.9. The summed E-state index contributed by atoms with van der Waals surface area (Å²) in [6, 6.07) is 4.58. The van der Waals surface area contributed by atoms with Crippen LogP contribution in [0.15, 0.2) is 29.2 Å². The van der Waals surface area contributed by atoms with Gasteiger partial charge in [-0.3, -0.25) is 4.79 Å². The fraction of sp³-hybridized carbons (Fsp3) is 0.556. The lowest BCUT2D eigenvalue weighted by Gasteiger charge is -2.37. The maximum Gasteiger partial charge on any atom is 0.329 e. The van der Waals surface area contributed by atoms with Crippen molar-refractivity contribution in [3.8, 4) is 0 Å². The Morgan fingerprint density at radius 2 is 1.85 bits per heavy atom. The fourth-order valence-electron chi connectivity index (χ4n) is 3.88. The first-order chi connectivity index (χ1) is 12.7. The van der Waals surface area contributed by atoms with E-state index >= 15 is 0 Å². The molecule has 0 radical (unpaired) electrons. The molecule has 2 heterocycles. The fourth-order valence-corrected chi connectivity index (χ4v) is 5.40. The van der Waals surface area contributed by atoms with E-state index in [9.17, 15) is 27.5 Å². The van der Waals surface area contributed by atoms with Crippen LogP contribution >= 0.6 is 0 Å². The number of piperidine rings is 1. The second kappa shape index (κ2) is 7.20. The highest BCUT2D eigenvalue weighted by atomic mass is 32.2. The number of carboxylic acids is 1. The number of carbonyl (C=O) groups is 2. The zero-order valence-electron chi connectivity index (χ0n) is 15.1. The Morgan fingerprint density at radius 3 is 2.48 bits per heavy atom. The average molecular weight is 398 g/mol. The van der Waals surface area contributed by atoms with Gasteiger partial charge in [-0.05, 0) is 56.9 Å². The van der Waals surface area contributed by atoms with Gasteiger partial charge in [0.25, 0.3) is 0 Å². The standard InChI is InChI=1S/C18H23FN2O5S/c1-18(17(23)24)9-3-11-21(18)16(22)13-4-2-10-20(12-13)27(25,26)15-7-5-14(19)6-8-15/h5-8,13H,2-4,9-12H2,1H3,(H,23,24). The second-order valence-electron chi connectivity index (χ2n) is 7.33. The first kappa shape index (κ1) is 19.8. The Kier molecular flexibility index (Phi) is 5.27. The molecular formula is C18H23FN2O5S. The summed E-state index contributed by atoms with van der Waals surface area (Å²) in [5, 5.41) is 9.51. The van der Waals surface area contributed by atoms with Crippen LogP contribution in [-0.2, 0) is 19.6 Å². The summed E-state index contributed by atoms with van der Waals surface area (Å²) >= 11 is 0. The minimum absolute atomic E-state index is 0.00470. The van der Waals surface area contributed by atoms with Gasteiger partial charge in [0.05, 0.1) is 10.8 Å². The second-order valence-corrected chi connectivity index (χ2v) is 9.27. The largest absolute Gasteiger partial charge is 0.480 e. The van der Waals surface area contributed by atoms with E-state index < -0.39 is 33.3 Å². The van der Waals surface area contributed by atoms with Gasteiger partial charge in [0.1, 0.15) is 11.4 Å². The molecule has 2 aliphatic rings. The molecule has 9 heteroatoms. The van der Waals surface area contributed by atoms with Crippen LogP contribution < -0.4 is 0 Å². The highest BCUT2D eigenvalue weighted by Crippen LogP contribution is 2.33. The molecule has 2 aliphatic heterocycles. The van der Waals surface area contributed by atoms with Crippen molar-refractivity contribution in [2.45, 2.75) is 43.0 Å². The lowest BCUT2D eigenvalue weighted by atomic mass is 9.94. The van der Waals surface area contributed by atoms with Crippen LogP contribution in [0.2, 0.25) is 0 Å². The number of aliphatic carboxylic acids is 1. The SMILES string of the molecule is CC1(C(=O)O)CCCN1C(=O)C1CCCN(S(=O)(=O)c2ccc(F)cc2)C1. The first-order valence-corrected chi connectivity index (χ1v) is 10.4. The van der Waals surface area contributed by atoms with Crippen molar-refractivity contribution < 1.29 is 27.5 Å². The monoisotopic (exact) mass is 398 g/mol. The van der Waals surface area contributed by atoms with Crippen molar-refractivity contribution >= 4 is 21.9 Å². The van der Waals surface area contributed by atoms with Gasteiger partial charge in [0, 0.05) is 19.6 Å². The molecule has 2 fully saturated rings. The molecule has 0 aliphatic carbocycles. The number of rotatable bonds is 4. The molecule has 1 aromatic rings.